The average Bonchev–Trinajstić information content (AvgIpc) is 3.71. The molecule has 210 valence electrons. The molecule has 0 unspecified atom stereocenters. The molecule has 7 rings (SSSR count). The molecule has 3 aromatic heterocycles. The van der Waals surface area contributed by atoms with E-state index in [2.05, 4.69) is 65.2 Å². The second-order valence-electron chi connectivity index (χ2n) is 10.9. The number of hydrogen-bond acceptors (Lipinski definition) is 9. The number of benzene rings is 1. The molecule has 1 fully saturated rings. The molecule has 3 aliphatic rings. The molecular weight excluding hydrogens is 522 g/mol. The first-order chi connectivity index (χ1) is 20.1. The van der Waals surface area contributed by atoms with Crippen molar-refractivity contribution in [3.8, 4) is 11.1 Å². The number of nitrogens with zero attached hydrogens (tertiary/aromatic N) is 8. The van der Waals surface area contributed by atoms with Crippen LogP contribution in [-0.2, 0) is 48.5 Å². The quantitative estimate of drug-likeness (QED) is 0.298. The van der Waals surface area contributed by atoms with Gasteiger partial charge >= 0.3 is 0 Å². The Morgan fingerprint density at radius 3 is 2.66 bits per heavy atom. The van der Waals surface area contributed by atoms with Crippen molar-refractivity contribution < 1.29 is 9.59 Å². The van der Waals surface area contributed by atoms with Gasteiger partial charge in [0, 0.05) is 68.4 Å². The Labute approximate surface area is 236 Å². The first kappa shape index (κ1) is 25.3. The number of aromatic nitrogens is 7. The summed E-state index contributed by atoms with van der Waals surface area (Å²) in [6.45, 7) is 3.26. The van der Waals surface area contributed by atoms with Crippen molar-refractivity contribution in [2.45, 2.75) is 44.9 Å². The molecule has 4 aromatic rings. The van der Waals surface area contributed by atoms with Gasteiger partial charge in [0.25, 0.3) is 0 Å². The number of rotatable bonds is 7. The first-order valence-electron chi connectivity index (χ1n) is 13.9. The van der Waals surface area contributed by atoms with Gasteiger partial charge in [-0.2, -0.15) is 5.10 Å². The molecule has 0 radical (unpaired) electrons. The van der Waals surface area contributed by atoms with Crippen LogP contribution < -0.4 is 10.6 Å². The van der Waals surface area contributed by atoms with E-state index in [4.69, 9.17) is 5.10 Å². The fourth-order valence-electron chi connectivity index (χ4n) is 5.88. The highest BCUT2D eigenvalue weighted by Gasteiger charge is 2.26. The zero-order valence-electron chi connectivity index (χ0n) is 22.6. The van der Waals surface area contributed by atoms with Crippen LogP contribution in [0.3, 0.4) is 0 Å². The normalized spacial score (nSPS) is 17.3. The monoisotopic (exact) mass is 553 g/mol. The van der Waals surface area contributed by atoms with E-state index >= 15 is 0 Å². The Morgan fingerprint density at radius 1 is 1.07 bits per heavy atom. The molecule has 2 amide bonds. The number of carbonyl (C=O) groups is 2. The highest BCUT2D eigenvalue weighted by molar-refractivity contribution is 5.79. The first-order valence-corrected chi connectivity index (χ1v) is 13.9. The van der Waals surface area contributed by atoms with Gasteiger partial charge in [0.1, 0.15) is 12.2 Å². The second-order valence-corrected chi connectivity index (χ2v) is 10.9. The molecule has 0 atom stereocenters. The van der Waals surface area contributed by atoms with Crippen molar-refractivity contribution in [2.24, 2.45) is 0 Å². The molecule has 13 nitrogen and oxygen atoms in total. The van der Waals surface area contributed by atoms with Crippen LogP contribution in [0.5, 0.6) is 0 Å². The van der Waals surface area contributed by atoms with Gasteiger partial charge in [-0.1, -0.05) is 29.5 Å². The molecule has 0 saturated carbocycles. The standard InChI is InChI=1S/C28H31N11O2/c40-26-16-37(8-6-29-26)14-24-22(13-39(35-24)17-27(41)38-7-5-23-25(15-38)34-36-33-23)20-11-30-28(31-12-20)32-21-9-18-3-1-2-4-19(18)10-21/h1-4,11-13,21H,5-10,14-17H2,(H,29,40)(H,30,31,32)(H,33,34,36). The molecular formula is C28H31N11O2. The van der Waals surface area contributed by atoms with Gasteiger partial charge in [-0.15, -0.1) is 5.10 Å². The molecule has 3 N–H and O–H groups in total. The van der Waals surface area contributed by atoms with Crippen molar-refractivity contribution in [1.82, 2.24) is 50.3 Å². The van der Waals surface area contributed by atoms with Crippen molar-refractivity contribution in [1.29, 1.82) is 0 Å². The highest BCUT2D eigenvalue weighted by atomic mass is 16.2. The Bertz CT molecular complexity index is 1550. The summed E-state index contributed by atoms with van der Waals surface area (Å²) in [6.07, 6.45) is 8.07. The van der Waals surface area contributed by atoms with Crippen LogP contribution in [-0.4, -0.2) is 89.0 Å². The van der Waals surface area contributed by atoms with E-state index in [0.29, 0.717) is 45.1 Å². The lowest BCUT2D eigenvalue weighted by Gasteiger charge is -2.26. The van der Waals surface area contributed by atoms with Crippen LogP contribution in [0, 0.1) is 0 Å². The lowest BCUT2D eigenvalue weighted by atomic mass is 10.1. The van der Waals surface area contributed by atoms with Crippen LogP contribution in [0.15, 0.2) is 42.9 Å². The third kappa shape index (κ3) is 5.40. The number of H-pyrrole nitrogens is 1. The maximum absolute atomic E-state index is 13.2. The summed E-state index contributed by atoms with van der Waals surface area (Å²) < 4.78 is 1.68. The summed E-state index contributed by atoms with van der Waals surface area (Å²) in [4.78, 5) is 38.3. The zero-order chi connectivity index (χ0) is 27.8. The lowest BCUT2D eigenvalue weighted by Crippen LogP contribution is -2.47. The SMILES string of the molecule is O=C1CN(Cc2nn(CC(=O)N3CCc4[nH]nnc4C3)cc2-c2cnc(NC3Cc4ccccc4C3)nc2)CCN1. The molecule has 2 aliphatic heterocycles. The molecule has 41 heavy (non-hydrogen) atoms. The smallest absolute Gasteiger partial charge is 0.244 e. The molecule has 0 spiro atoms. The zero-order valence-corrected chi connectivity index (χ0v) is 22.6. The fourth-order valence-corrected chi connectivity index (χ4v) is 5.88. The summed E-state index contributed by atoms with van der Waals surface area (Å²) in [5.41, 5.74) is 6.96. The minimum atomic E-state index is -0.0371. The number of nitrogens with one attached hydrogen (secondary N) is 3. The number of piperazine rings is 1. The maximum atomic E-state index is 13.2. The number of carbonyl (C=O) groups excluding carboxylic acids is 2. The summed E-state index contributed by atoms with van der Waals surface area (Å²) in [5.74, 6) is 0.545. The van der Waals surface area contributed by atoms with Crippen molar-refractivity contribution >= 4 is 17.8 Å². The van der Waals surface area contributed by atoms with Gasteiger partial charge in [0.05, 0.1) is 24.5 Å². The third-order valence-corrected chi connectivity index (χ3v) is 8.00. The summed E-state index contributed by atoms with van der Waals surface area (Å²) in [5, 5.41) is 22.0. The minimum Gasteiger partial charge on any atom is -0.354 e. The average molecular weight is 554 g/mol. The van der Waals surface area contributed by atoms with Gasteiger partial charge in [-0.3, -0.25) is 24.3 Å². The van der Waals surface area contributed by atoms with Gasteiger partial charge in [0.15, 0.2) is 0 Å². The molecule has 5 heterocycles. The number of amides is 2. The minimum absolute atomic E-state index is 0.00226. The van der Waals surface area contributed by atoms with Crippen molar-refractivity contribution in [3.05, 3.63) is 71.1 Å². The van der Waals surface area contributed by atoms with E-state index in [1.807, 2.05) is 6.20 Å². The molecule has 1 aliphatic carbocycles. The Hall–Kier alpha value is -4.65. The summed E-state index contributed by atoms with van der Waals surface area (Å²) in [7, 11) is 0. The number of fused-ring (bicyclic) bond motifs is 2. The van der Waals surface area contributed by atoms with Crippen LogP contribution >= 0.6 is 0 Å². The van der Waals surface area contributed by atoms with Crippen LogP contribution in [0.1, 0.15) is 28.2 Å². The largest absolute Gasteiger partial charge is 0.354 e. The van der Waals surface area contributed by atoms with Gasteiger partial charge in [-0.25, -0.2) is 9.97 Å². The molecule has 1 aromatic carbocycles. The fraction of sp³-hybridized carbons (Fsp3) is 0.393. The van der Waals surface area contributed by atoms with E-state index in [1.54, 1.807) is 22.0 Å². The van der Waals surface area contributed by atoms with Crippen LogP contribution in [0.2, 0.25) is 0 Å². The van der Waals surface area contributed by atoms with E-state index in [0.717, 1.165) is 47.6 Å². The predicted octanol–water partition coefficient (Wildman–Crippen LogP) is 0.554. The van der Waals surface area contributed by atoms with E-state index in [1.165, 1.54) is 11.1 Å². The van der Waals surface area contributed by atoms with E-state index < -0.39 is 0 Å². The van der Waals surface area contributed by atoms with E-state index in [9.17, 15) is 9.59 Å². The molecule has 1 saturated heterocycles. The van der Waals surface area contributed by atoms with Gasteiger partial charge in [0.2, 0.25) is 17.8 Å². The second kappa shape index (κ2) is 10.7. The van der Waals surface area contributed by atoms with E-state index in [-0.39, 0.29) is 24.4 Å². The third-order valence-electron chi connectivity index (χ3n) is 8.00. The van der Waals surface area contributed by atoms with Crippen molar-refractivity contribution in [3.63, 3.8) is 0 Å². The number of anilines is 1. The van der Waals surface area contributed by atoms with Crippen LogP contribution in [0.4, 0.5) is 5.95 Å². The Morgan fingerprint density at radius 2 is 1.88 bits per heavy atom. The highest BCUT2D eigenvalue weighted by Crippen LogP contribution is 2.26. The summed E-state index contributed by atoms with van der Waals surface area (Å²) >= 11 is 0. The van der Waals surface area contributed by atoms with Gasteiger partial charge < -0.3 is 15.5 Å². The summed E-state index contributed by atoms with van der Waals surface area (Å²) in [6, 6.07) is 8.76. The lowest BCUT2D eigenvalue weighted by molar-refractivity contribution is -0.133. The maximum Gasteiger partial charge on any atom is 0.244 e. The Balaban J connectivity index is 1.08. The van der Waals surface area contributed by atoms with Crippen LogP contribution in [0.25, 0.3) is 11.1 Å². The van der Waals surface area contributed by atoms with Crippen molar-refractivity contribution in [2.75, 3.05) is 31.5 Å². The number of aromatic amines is 1. The topological polar surface area (TPSA) is 150 Å². The molecule has 0 bridgehead atoms. The Kier molecular flexibility index (Phi) is 6.63. The predicted molar refractivity (Wildman–Crippen MR) is 148 cm³/mol. The van der Waals surface area contributed by atoms with Gasteiger partial charge in [-0.05, 0) is 24.0 Å². The number of hydrogen-bond donors (Lipinski definition) is 3. The molecule has 13 heteroatoms.